The summed E-state index contributed by atoms with van der Waals surface area (Å²) in [6.45, 7) is 5.71. The number of carbonyl (C=O) groups excluding carboxylic acids is 1. The van der Waals surface area contributed by atoms with E-state index in [1.165, 1.54) is 6.07 Å². The maximum absolute atomic E-state index is 12.0. The van der Waals surface area contributed by atoms with Crippen molar-refractivity contribution >= 4 is 11.7 Å². The lowest BCUT2D eigenvalue weighted by Gasteiger charge is -2.26. The van der Waals surface area contributed by atoms with E-state index in [9.17, 15) is 15.0 Å². The Morgan fingerprint density at radius 2 is 1.85 bits per heavy atom. The molecule has 27 heavy (non-hydrogen) atoms. The van der Waals surface area contributed by atoms with Crippen LogP contribution in [0.3, 0.4) is 0 Å². The van der Waals surface area contributed by atoms with E-state index in [0.717, 1.165) is 16.7 Å². The number of ether oxygens (including phenoxy) is 1. The van der Waals surface area contributed by atoms with Gasteiger partial charge in [0.15, 0.2) is 11.5 Å². The first-order valence-corrected chi connectivity index (χ1v) is 9.01. The summed E-state index contributed by atoms with van der Waals surface area (Å²) in [5.41, 5.74) is 2.94. The number of phenols is 2. The summed E-state index contributed by atoms with van der Waals surface area (Å²) >= 11 is 0. The van der Waals surface area contributed by atoms with Crippen molar-refractivity contribution in [2.45, 2.75) is 38.7 Å². The molecule has 0 saturated heterocycles. The van der Waals surface area contributed by atoms with Crippen LogP contribution >= 0.6 is 0 Å². The summed E-state index contributed by atoms with van der Waals surface area (Å²) in [6, 6.07) is 13.2. The highest BCUT2D eigenvalue weighted by Crippen LogP contribution is 2.42. The Kier molecular flexibility index (Phi) is 5.13. The predicted molar refractivity (Wildman–Crippen MR) is 105 cm³/mol. The van der Waals surface area contributed by atoms with Crippen molar-refractivity contribution in [3.63, 3.8) is 0 Å². The molecule has 1 atom stereocenters. The van der Waals surface area contributed by atoms with E-state index in [2.05, 4.69) is 11.4 Å². The number of rotatable bonds is 3. The van der Waals surface area contributed by atoms with Gasteiger partial charge in [0, 0.05) is 18.0 Å². The molecule has 0 saturated carbocycles. The summed E-state index contributed by atoms with van der Waals surface area (Å²) in [4.78, 5) is 12.0. The number of phenolic OH excluding ortho intramolecular Hbond substituents is 2. The van der Waals surface area contributed by atoms with Crippen LogP contribution in [0.4, 0.5) is 4.79 Å². The lowest BCUT2D eigenvalue weighted by Crippen LogP contribution is -2.33. The second-order valence-corrected chi connectivity index (χ2v) is 7.73. The Morgan fingerprint density at radius 1 is 1.15 bits per heavy atom. The zero-order valence-electron chi connectivity index (χ0n) is 15.8. The Labute approximate surface area is 159 Å². The lowest BCUT2D eigenvalue weighted by molar-refractivity contribution is 0.0535. The third-order valence-electron chi connectivity index (χ3n) is 4.48. The molecule has 0 fully saturated rings. The third-order valence-corrected chi connectivity index (χ3v) is 4.48. The normalized spacial score (nSPS) is 16.3. The molecule has 3 rings (SSSR count). The summed E-state index contributed by atoms with van der Waals surface area (Å²) in [6.07, 6.45) is 2.19. The molecule has 0 spiro atoms. The second kappa shape index (κ2) is 7.35. The Hall–Kier alpha value is -2.95. The van der Waals surface area contributed by atoms with E-state index in [4.69, 9.17) is 4.74 Å². The van der Waals surface area contributed by atoms with Crippen LogP contribution in [0, 0.1) is 0 Å². The second-order valence-electron chi connectivity index (χ2n) is 7.73. The molecular formula is C22H25NO4. The number of benzene rings is 2. The highest BCUT2D eigenvalue weighted by molar-refractivity contribution is 5.79. The Bertz CT molecular complexity index is 866. The largest absolute Gasteiger partial charge is 0.504 e. The van der Waals surface area contributed by atoms with Crippen LogP contribution < -0.4 is 5.32 Å². The van der Waals surface area contributed by atoms with E-state index in [-0.39, 0.29) is 24.0 Å². The summed E-state index contributed by atoms with van der Waals surface area (Å²) < 4.78 is 5.30. The molecule has 1 unspecified atom stereocenters. The standard InChI is InChI=1S/C22H25NO4/c1-22(2,3)27-21(26)23-13-16-11-15(14-7-5-4-6-8-14)12-18-17(16)9-10-19(24)20(18)25/h4-11,15,24-25H,12-13H2,1-3H3,(H,23,26). The molecule has 0 aliphatic heterocycles. The Morgan fingerprint density at radius 3 is 2.52 bits per heavy atom. The van der Waals surface area contributed by atoms with E-state index in [1.54, 1.807) is 6.07 Å². The monoisotopic (exact) mass is 367 g/mol. The van der Waals surface area contributed by atoms with E-state index < -0.39 is 11.7 Å². The number of nitrogens with one attached hydrogen (secondary N) is 1. The maximum atomic E-state index is 12.0. The molecule has 5 nitrogen and oxygen atoms in total. The fourth-order valence-corrected chi connectivity index (χ4v) is 3.29. The van der Waals surface area contributed by atoms with E-state index in [1.807, 2.05) is 51.1 Å². The van der Waals surface area contributed by atoms with Crippen LogP contribution in [0.25, 0.3) is 5.57 Å². The average molecular weight is 367 g/mol. The van der Waals surface area contributed by atoms with Crippen molar-refractivity contribution in [2.75, 3.05) is 6.54 Å². The van der Waals surface area contributed by atoms with Gasteiger partial charge in [0.05, 0.1) is 0 Å². The Balaban J connectivity index is 1.90. The minimum Gasteiger partial charge on any atom is -0.504 e. The zero-order chi connectivity index (χ0) is 19.6. The van der Waals surface area contributed by atoms with Crippen molar-refractivity contribution in [1.82, 2.24) is 5.32 Å². The molecule has 1 amide bonds. The van der Waals surface area contributed by atoms with Crippen molar-refractivity contribution in [3.8, 4) is 11.5 Å². The van der Waals surface area contributed by atoms with Crippen molar-refractivity contribution in [3.05, 3.63) is 65.2 Å². The lowest BCUT2D eigenvalue weighted by atomic mass is 9.80. The molecule has 2 aromatic rings. The number of alkyl carbamates (subject to hydrolysis) is 1. The quantitative estimate of drug-likeness (QED) is 0.705. The minimum atomic E-state index is -0.570. The predicted octanol–water partition coefficient (Wildman–Crippen LogP) is 4.35. The molecule has 5 heteroatoms. The van der Waals surface area contributed by atoms with Gasteiger partial charge in [0.25, 0.3) is 0 Å². The minimum absolute atomic E-state index is 0.0434. The third kappa shape index (κ3) is 4.42. The molecule has 142 valence electrons. The van der Waals surface area contributed by atoms with E-state index in [0.29, 0.717) is 12.0 Å². The first-order chi connectivity index (χ1) is 12.7. The van der Waals surface area contributed by atoms with Crippen LogP contribution in [0.15, 0.2) is 48.5 Å². The van der Waals surface area contributed by atoms with Gasteiger partial charge in [0.2, 0.25) is 0 Å². The summed E-state index contributed by atoms with van der Waals surface area (Å²) in [5.74, 6) is -0.194. The van der Waals surface area contributed by atoms with Gasteiger partial charge >= 0.3 is 6.09 Å². The van der Waals surface area contributed by atoms with Gasteiger partial charge in [0.1, 0.15) is 5.60 Å². The number of carbonyl (C=O) groups is 1. The average Bonchev–Trinajstić information content (AvgIpc) is 2.62. The fraction of sp³-hybridized carbons (Fsp3) is 0.318. The van der Waals surface area contributed by atoms with Gasteiger partial charge in [-0.25, -0.2) is 4.79 Å². The first-order valence-electron chi connectivity index (χ1n) is 9.01. The molecular weight excluding hydrogens is 342 g/mol. The van der Waals surface area contributed by atoms with Crippen molar-refractivity contribution in [1.29, 1.82) is 0 Å². The molecule has 0 bridgehead atoms. The van der Waals surface area contributed by atoms with Crippen molar-refractivity contribution < 1.29 is 19.7 Å². The van der Waals surface area contributed by atoms with Crippen LogP contribution in [0.5, 0.6) is 11.5 Å². The molecule has 0 radical (unpaired) electrons. The molecule has 1 aliphatic rings. The number of hydrogen-bond acceptors (Lipinski definition) is 4. The number of aromatic hydroxyl groups is 2. The maximum Gasteiger partial charge on any atom is 0.407 e. The van der Waals surface area contributed by atoms with Crippen LogP contribution in [-0.2, 0) is 11.2 Å². The van der Waals surface area contributed by atoms with Gasteiger partial charge in [-0.2, -0.15) is 0 Å². The van der Waals surface area contributed by atoms with Crippen LogP contribution in [0.1, 0.15) is 43.4 Å². The van der Waals surface area contributed by atoms with Gasteiger partial charge in [-0.3, -0.25) is 0 Å². The SMILES string of the molecule is CC(C)(C)OC(=O)NCC1=CC(c2ccccc2)Cc2c1ccc(O)c2O. The van der Waals surface area contributed by atoms with Crippen LogP contribution in [0.2, 0.25) is 0 Å². The molecule has 2 aromatic carbocycles. The van der Waals surface area contributed by atoms with Crippen molar-refractivity contribution in [2.24, 2.45) is 0 Å². The number of fused-ring (bicyclic) bond motifs is 1. The fourth-order valence-electron chi connectivity index (χ4n) is 3.29. The highest BCUT2D eigenvalue weighted by Gasteiger charge is 2.25. The van der Waals surface area contributed by atoms with E-state index >= 15 is 0 Å². The highest BCUT2D eigenvalue weighted by atomic mass is 16.6. The number of hydrogen-bond donors (Lipinski definition) is 3. The van der Waals surface area contributed by atoms with Crippen LogP contribution in [-0.4, -0.2) is 28.5 Å². The van der Waals surface area contributed by atoms with Gasteiger partial charge in [-0.1, -0.05) is 42.5 Å². The smallest absolute Gasteiger partial charge is 0.407 e. The van der Waals surface area contributed by atoms with Gasteiger partial charge in [-0.05, 0) is 50.0 Å². The van der Waals surface area contributed by atoms with Gasteiger partial charge in [-0.15, -0.1) is 0 Å². The molecule has 1 aliphatic carbocycles. The first kappa shape index (κ1) is 18.8. The number of amides is 1. The summed E-state index contributed by atoms with van der Waals surface area (Å²) in [7, 11) is 0. The van der Waals surface area contributed by atoms with Gasteiger partial charge < -0.3 is 20.3 Å². The number of allylic oxidation sites excluding steroid dienone is 1. The molecule has 3 N–H and O–H groups in total. The topological polar surface area (TPSA) is 78.8 Å². The zero-order valence-corrected chi connectivity index (χ0v) is 15.8. The summed E-state index contributed by atoms with van der Waals surface area (Å²) in [5, 5.41) is 23.1. The molecule has 0 aromatic heterocycles. The molecule has 0 heterocycles.